The van der Waals surface area contributed by atoms with Crippen LogP contribution in [0.4, 0.5) is 0 Å². The van der Waals surface area contributed by atoms with E-state index in [-0.39, 0.29) is 0 Å². The first-order valence-corrected chi connectivity index (χ1v) is 9.79. The summed E-state index contributed by atoms with van der Waals surface area (Å²) in [5.74, 6) is -9.69. The molecule has 0 amide bonds. The molecule has 35 heavy (non-hydrogen) atoms. The Bertz CT molecular complexity index is 1170. The van der Waals surface area contributed by atoms with Crippen LogP contribution >= 0.6 is 0 Å². The molecule has 4 unspecified atom stereocenters. The molecule has 0 saturated heterocycles. The molecule has 3 rings (SSSR count). The number of benzene rings is 2. The first-order valence-electron chi connectivity index (χ1n) is 9.79. The number of hydrogen-bond acceptors (Lipinski definition) is 13. The van der Waals surface area contributed by atoms with Gasteiger partial charge in [0.25, 0.3) is 0 Å². The van der Waals surface area contributed by atoms with E-state index >= 15 is 0 Å². The summed E-state index contributed by atoms with van der Waals surface area (Å²) in [7, 11) is 0. The van der Waals surface area contributed by atoms with Crippen molar-refractivity contribution in [1.82, 2.24) is 0 Å². The second-order valence-corrected chi connectivity index (χ2v) is 7.84. The number of aromatic hydroxyl groups is 5. The largest absolute Gasteiger partial charge is 0.504 e. The molecule has 14 nitrogen and oxygen atoms in total. The summed E-state index contributed by atoms with van der Waals surface area (Å²) < 4.78 is 9.87. The van der Waals surface area contributed by atoms with Gasteiger partial charge in [-0.15, -0.1) is 0 Å². The third-order valence-corrected chi connectivity index (χ3v) is 5.32. The Morgan fingerprint density at radius 2 is 1.31 bits per heavy atom. The molecular weight excluding hydrogens is 476 g/mol. The molecule has 4 atom stereocenters. The predicted octanol–water partition coefficient (Wildman–Crippen LogP) is -0.710. The predicted molar refractivity (Wildman–Crippen MR) is 109 cm³/mol. The first-order chi connectivity index (χ1) is 16.2. The number of aliphatic hydroxyl groups is 3. The zero-order chi connectivity index (χ0) is 26.2. The van der Waals surface area contributed by atoms with Gasteiger partial charge in [0.1, 0.15) is 12.2 Å². The maximum Gasteiger partial charge on any atom is 0.343 e. The molecule has 1 aliphatic carbocycles. The highest BCUT2D eigenvalue weighted by Crippen LogP contribution is 2.39. The molecule has 2 aromatic carbocycles. The molecule has 188 valence electrons. The van der Waals surface area contributed by atoms with Gasteiger partial charge in [0, 0.05) is 12.8 Å². The number of aliphatic hydroxyl groups excluding tert-OH is 2. The van der Waals surface area contributed by atoms with Gasteiger partial charge in [-0.05, 0) is 24.3 Å². The lowest BCUT2D eigenvalue weighted by Crippen LogP contribution is -2.57. The van der Waals surface area contributed by atoms with Crippen LogP contribution in [-0.4, -0.2) is 87.8 Å². The second-order valence-electron chi connectivity index (χ2n) is 7.84. The Hall–Kier alpha value is -4.27. The highest BCUT2D eigenvalue weighted by molar-refractivity contribution is 5.95. The number of hydrogen-bond donors (Lipinski definition) is 9. The SMILES string of the molecule is O=C(Oc1cc(C(=O)OC2CC(O)(C(=O)O)CC(O)C2O)cc(O)c1O)c1cc(O)c(O)c(O)c1. The number of ether oxygens (including phenoxy) is 2. The smallest absolute Gasteiger partial charge is 0.343 e. The number of rotatable bonds is 5. The standard InChI is InChI=1S/C21H20O14/c22-9-1-7(2-10(23)15(9)26)18(29)34-13-4-8(3-11(24)16(13)27)19(30)35-14-6-21(33,20(31)32)5-12(25)17(14)28/h1-4,12,14,17,22-28,33H,5-6H2,(H,31,32). The number of carbonyl (C=O) groups is 3. The molecule has 0 spiro atoms. The molecule has 14 heteroatoms. The summed E-state index contributed by atoms with van der Waals surface area (Å²) in [5.41, 5.74) is -3.54. The zero-order valence-electron chi connectivity index (χ0n) is 17.5. The molecule has 0 heterocycles. The van der Waals surface area contributed by atoms with E-state index in [0.717, 1.165) is 18.2 Å². The lowest BCUT2D eigenvalue weighted by Gasteiger charge is -2.39. The van der Waals surface area contributed by atoms with Gasteiger partial charge in [-0.3, -0.25) is 0 Å². The van der Waals surface area contributed by atoms with Crippen LogP contribution in [0.25, 0.3) is 0 Å². The Morgan fingerprint density at radius 1 is 0.800 bits per heavy atom. The van der Waals surface area contributed by atoms with Crippen LogP contribution in [0.3, 0.4) is 0 Å². The van der Waals surface area contributed by atoms with Crippen molar-refractivity contribution in [2.75, 3.05) is 0 Å². The topological polar surface area (TPSA) is 252 Å². The molecule has 0 aromatic heterocycles. The normalized spacial score (nSPS) is 23.9. The van der Waals surface area contributed by atoms with Gasteiger partial charge in [0.15, 0.2) is 34.3 Å². The third-order valence-electron chi connectivity index (χ3n) is 5.32. The van der Waals surface area contributed by atoms with Gasteiger partial charge in [-0.25, -0.2) is 14.4 Å². The van der Waals surface area contributed by atoms with Crippen LogP contribution in [0.1, 0.15) is 33.6 Å². The monoisotopic (exact) mass is 496 g/mol. The van der Waals surface area contributed by atoms with Crippen molar-refractivity contribution in [2.45, 2.75) is 36.8 Å². The molecule has 9 N–H and O–H groups in total. The molecular formula is C21H20O14. The van der Waals surface area contributed by atoms with E-state index in [9.17, 15) is 55.2 Å². The van der Waals surface area contributed by atoms with Crippen molar-refractivity contribution >= 4 is 17.9 Å². The summed E-state index contributed by atoms with van der Waals surface area (Å²) in [6.45, 7) is 0. The van der Waals surface area contributed by atoms with Crippen LogP contribution in [0.2, 0.25) is 0 Å². The minimum atomic E-state index is -2.50. The van der Waals surface area contributed by atoms with Crippen LogP contribution in [0, 0.1) is 0 Å². The summed E-state index contributed by atoms with van der Waals surface area (Å²) in [6.07, 6.45) is -6.68. The summed E-state index contributed by atoms with van der Waals surface area (Å²) >= 11 is 0. The Morgan fingerprint density at radius 3 is 1.86 bits per heavy atom. The van der Waals surface area contributed by atoms with E-state index in [2.05, 4.69) is 0 Å². The molecule has 0 bridgehead atoms. The molecule has 1 fully saturated rings. The summed E-state index contributed by atoms with van der Waals surface area (Å²) in [5, 5.41) is 87.5. The Balaban J connectivity index is 1.85. The van der Waals surface area contributed by atoms with Crippen LogP contribution < -0.4 is 4.74 Å². The second kappa shape index (κ2) is 9.17. The maximum absolute atomic E-state index is 12.6. The zero-order valence-corrected chi connectivity index (χ0v) is 17.5. The van der Waals surface area contributed by atoms with Gasteiger partial charge in [0.2, 0.25) is 5.75 Å². The number of carboxylic acids is 1. The van der Waals surface area contributed by atoms with Crippen molar-refractivity contribution in [3.63, 3.8) is 0 Å². The lowest BCUT2D eigenvalue weighted by atomic mass is 9.79. The van der Waals surface area contributed by atoms with E-state index in [1.807, 2.05) is 0 Å². The van der Waals surface area contributed by atoms with Gasteiger partial charge >= 0.3 is 17.9 Å². The maximum atomic E-state index is 12.6. The third kappa shape index (κ3) is 4.98. The fraction of sp³-hybridized carbons (Fsp3) is 0.286. The van der Waals surface area contributed by atoms with E-state index in [4.69, 9.17) is 14.6 Å². The Kier molecular flexibility index (Phi) is 6.64. The number of esters is 2. The van der Waals surface area contributed by atoms with E-state index in [1.54, 1.807) is 0 Å². The van der Waals surface area contributed by atoms with Gasteiger partial charge in [-0.2, -0.15) is 0 Å². The summed E-state index contributed by atoms with van der Waals surface area (Å²) in [6, 6.07) is 2.89. The fourth-order valence-electron chi connectivity index (χ4n) is 3.41. The van der Waals surface area contributed by atoms with Crippen molar-refractivity contribution in [3.8, 4) is 34.5 Å². The molecule has 0 radical (unpaired) electrons. The average molecular weight is 496 g/mol. The fourth-order valence-corrected chi connectivity index (χ4v) is 3.41. The number of aliphatic carboxylic acids is 1. The molecule has 0 aliphatic heterocycles. The molecule has 1 aliphatic rings. The van der Waals surface area contributed by atoms with E-state index in [0.29, 0.717) is 6.07 Å². The van der Waals surface area contributed by atoms with Crippen molar-refractivity contribution in [2.24, 2.45) is 0 Å². The van der Waals surface area contributed by atoms with Crippen LogP contribution in [0.15, 0.2) is 24.3 Å². The lowest BCUT2D eigenvalue weighted by molar-refractivity contribution is -0.187. The van der Waals surface area contributed by atoms with Gasteiger partial charge < -0.3 is 55.4 Å². The summed E-state index contributed by atoms with van der Waals surface area (Å²) in [4.78, 5) is 36.2. The van der Waals surface area contributed by atoms with Crippen LogP contribution in [0.5, 0.6) is 34.5 Å². The number of phenolic OH excluding ortho intramolecular Hbond substituents is 5. The molecule has 1 saturated carbocycles. The quantitative estimate of drug-likeness (QED) is 0.141. The highest BCUT2D eigenvalue weighted by Gasteiger charge is 2.50. The van der Waals surface area contributed by atoms with Crippen molar-refractivity contribution in [3.05, 3.63) is 35.4 Å². The average Bonchev–Trinajstić information content (AvgIpc) is 2.77. The van der Waals surface area contributed by atoms with Crippen LogP contribution in [-0.2, 0) is 9.53 Å². The Labute approximate surface area is 195 Å². The number of phenols is 5. The first kappa shape index (κ1) is 25.4. The van der Waals surface area contributed by atoms with Crippen molar-refractivity contribution in [1.29, 1.82) is 0 Å². The van der Waals surface area contributed by atoms with E-state index < -0.39 is 100 Å². The van der Waals surface area contributed by atoms with Crippen molar-refractivity contribution < 1.29 is 69.8 Å². The number of carbonyl (C=O) groups excluding carboxylic acids is 2. The minimum Gasteiger partial charge on any atom is -0.504 e. The van der Waals surface area contributed by atoms with E-state index in [1.165, 1.54) is 0 Å². The molecule has 2 aromatic rings. The number of carboxylic acid groups (broad SMARTS) is 1. The van der Waals surface area contributed by atoms with Gasteiger partial charge in [-0.1, -0.05) is 0 Å². The van der Waals surface area contributed by atoms with Gasteiger partial charge in [0.05, 0.1) is 17.2 Å². The highest BCUT2D eigenvalue weighted by atomic mass is 16.6. The minimum absolute atomic E-state index is 0.489.